The van der Waals surface area contributed by atoms with Crippen molar-refractivity contribution in [1.82, 2.24) is 14.5 Å². The lowest BCUT2D eigenvalue weighted by Gasteiger charge is -2.11. The van der Waals surface area contributed by atoms with Gasteiger partial charge in [-0.2, -0.15) is 0 Å². The summed E-state index contributed by atoms with van der Waals surface area (Å²) in [6.07, 6.45) is 1.92. The van der Waals surface area contributed by atoms with E-state index in [1.54, 1.807) is 0 Å². The fourth-order valence-corrected chi connectivity index (χ4v) is 9.24. The van der Waals surface area contributed by atoms with Crippen LogP contribution in [0, 0.1) is 0 Å². The normalized spacial score (nSPS) is 11.6. The molecule has 0 saturated carbocycles. The molecule has 0 aliphatic rings. The molecule has 2 heterocycles. The molecule has 0 aliphatic heterocycles. The van der Waals surface area contributed by atoms with Crippen molar-refractivity contribution in [3.8, 4) is 61.5 Å². The standard InChI is InChI=1S/C58H37N3/c1-2-19-47(20-3-1)61-55-26-9-8-23-50(55)51-32-31-45(36-56(51)61)43-16-11-14-41(34-43)39-29-27-38(28-30-39)40-13-10-15-42(33-40)44-17-12-18-46(35-44)54-37-59-57-52-24-6-4-21-48(52)49-22-5-7-25-53(49)58(57)60-54/h1-37H. The number of benzene rings is 10. The predicted octanol–water partition coefficient (Wildman–Crippen LogP) is 15.4. The van der Waals surface area contributed by atoms with E-state index in [1.165, 1.54) is 66.0 Å². The molecule has 0 aliphatic carbocycles. The predicted molar refractivity (Wildman–Crippen MR) is 256 cm³/mol. The second kappa shape index (κ2) is 14.3. The monoisotopic (exact) mass is 775 g/mol. The lowest BCUT2D eigenvalue weighted by Crippen LogP contribution is -1.93. The lowest BCUT2D eigenvalue weighted by molar-refractivity contribution is 1.18. The fraction of sp³-hybridized carbons (Fsp3) is 0. The molecule has 12 aromatic rings. The van der Waals surface area contributed by atoms with Gasteiger partial charge in [-0.05, 0) is 97.7 Å². The zero-order chi connectivity index (χ0) is 40.3. The Morgan fingerprint density at radius 1 is 0.279 bits per heavy atom. The van der Waals surface area contributed by atoms with Gasteiger partial charge in [0.1, 0.15) is 0 Å². The number of nitrogens with zero attached hydrogens (tertiary/aromatic N) is 3. The summed E-state index contributed by atoms with van der Waals surface area (Å²) >= 11 is 0. The van der Waals surface area contributed by atoms with Gasteiger partial charge in [-0.3, -0.25) is 4.98 Å². The molecular formula is C58H37N3. The maximum atomic E-state index is 5.25. The van der Waals surface area contributed by atoms with Gasteiger partial charge in [0.15, 0.2) is 0 Å². The summed E-state index contributed by atoms with van der Waals surface area (Å²) in [4.78, 5) is 10.3. The highest BCUT2D eigenvalue weighted by molar-refractivity contribution is 6.23. The molecule has 0 radical (unpaired) electrons. The molecule has 3 heteroatoms. The molecule has 3 nitrogen and oxygen atoms in total. The molecule has 61 heavy (non-hydrogen) atoms. The second-order valence-electron chi connectivity index (χ2n) is 15.8. The Morgan fingerprint density at radius 3 is 1.34 bits per heavy atom. The van der Waals surface area contributed by atoms with Crippen LogP contribution in [-0.4, -0.2) is 14.5 Å². The van der Waals surface area contributed by atoms with Gasteiger partial charge in [-0.15, -0.1) is 0 Å². The molecule has 12 rings (SSSR count). The third kappa shape index (κ3) is 5.98. The molecule has 284 valence electrons. The fourth-order valence-electron chi connectivity index (χ4n) is 9.24. The average molecular weight is 776 g/mol. The van der Waals surface area contributed by atoms with E-state index in [9.17, 15) is 0 Å². The zero-order valence-corrected chi connectivity index (χ0v) is 33.2. The van der Waals surface area contributed by atoms with Crippen molar-refractivity contribution < 1.29 is 0 Å². The number of para-hydroxylation sites is 2. The third-order valence-corrected chi connectivity index (χ3v) is 12.2. The summed E-state index contributed by atoms with van der Waals surface area (Å²) in [6, 6.07) is 78.5. The second-order valence-corrected chi connectivity index (χ2v) is 15.8. The summed E-state index contributed by atoms with van der Waals surface area (Å²) in [7, 11) is 0. The van der Waals surface area contributed by atoms with Crippen LogP contribution in [0.1, 0.15) is 0 Å². The van der Waals surface area contributed by atoms with E-state index in [4.69, 9.17) is 9.97 Å². The SMILES string of the molecule is c1ccc(-n2c3ccccc3c3ccc(-c4cccc(-c5ccc(-c6cccc(-c7cccc(-c8cnc9c%10ccccc%10c%10ccccc%10c9n8)c7)c6)cc5)c4)cc32)cc1. The van der Waals surface area contributed by atoms with Crippen molar-refractivity contribution >= 4 is 54.4 Å². The molecular weight excluding hydrogens is 739 g/mol. The molecule has 0 atom stereocenters. The first-order chi connectivity index (χ1) is 30.2. The highest BCUT2D eigenvalue weighted by Gasteiger charge is 2.15. The first-order valence-electron chi connectivity index (χ1n) is 20.8. The van der Waals surface area contributed by atoms with Crippen molar-refractivity contribution in [1.29, 1.82) is 0 Å². The Kier molecular flexibility index (Phi) is 8.17. The Balaban J connectivity index is 0.845. The Hall–Kier alpha value is -8.14. The third-order valence-electron chi connectivity index (χ3n) is 12.2. The van der Waals surface area contributed by atoms with Crippen LogP contribution in [0.4, 0.5) is 0 Å². The molecule has 0 saturated heterocycles. The zero-order valence-electron chi connectivity index (χ0n) is 33.2. The van der Waals surface area contributed by atoms with Crippen LogP contribution in [0.2, 0.25) is 0 Å². The Labute approximate surface area is 353 Å². The van der Waals surface area contributed by atoms with Crippen LogP contribution in [0.15, 0.2) is 225 Å². The molecule has 10 aromatic carbocycles. The van der Waals surface area contributed by atoms with Crippen LogP contribution in [-0.2, 0) is 0 Å². The highest BCUT2D eigenvalue weighted by atomic mass is 15.0. The molecule has 0 amide bonds. The maximum Gasteiger partial charge on any atom is 0.0979 e. The first-order valence-corrected chi connectivity index (χ1v) is 20.8. The number of hydrogen-bond donors (Lipinski definition) is 0. The van der Waals surface area contributed by atoms with E-state index in [0.717, 1.165) is 49.9 Å². The lowest BCUT2D eigenvalue weighted by atomic mass is 9.95. The van der Waals surface area contributed by atoms with Gasteiger partial charge in [0.05, 0.1) is 34.0 Å². The Morgan fingerprint density at radius 2 is 0.721 bits per heavy atom. The topological polar surface area (TPSA) is 30.7 Å². The summed E-state index contributed by atoms with van der Waals surface area (Å²) in [5, 5.41) is 7.16. The van der Waals surface area contributed by atoms with Gasteiger partial charge < -0.3 is 4.57 Å². The van der Waals surface area contributed by atoms with E-state index in [-0.39, 0.29) is 0 Å². The van der Waals surface area contributed by atoms with Gasteiger partial charge in [0, 0.05) is 32.8 Å². The van der Waals surface area contributed by atoms with Crippen LogP contribution >= 0.6 is 0 Å². The van der Waals surface area contributed by atoms with E-state index in [1.807, 2.05) is 6.20 Å². The summed E-state index contributed by atoms with van der Waals surface area (Å²) in [5.74, 6) is 0. The number of hydrogen-bond acceptors (Lipinski definition) is 2. The smallest absolute Gasteiger partial charge is 0.0979 e. The highest BCUT2D eigenvalue weighted by Crippen LogP contribution is 2.38. The average Bonchev–Trinajstić information content (AvgIpc) is 3.68. The van der Waals surface area contributed by atoms with Crippen molar-refractivity contribution in [2.24, 2.45) is 0 Å². The summed E-state index contributed by atoms with van der Waals surface area (Å²) < 4.78 is 2.38. The minimum Gasteiger partial charge on any atom is -0.309 e. The Bertz CT molecular complexity index is 3600. The van der Waals surface area contributed by atoms with Crippen LogP contribution in [0.5, 0.6) is 0 Å². The van der Waals surface area contributed by atoms with Crippen molar-refractivity contribution in [2.45, 2.75) is 0 Å². The van der Waals surface area contributed by atoms with E-state index < -0.39 is 0 Å². The van der Waals surface area contributed by atoms with Crippen molar-refractivity contribution in [3.63, 3.8) is 0 Å². The number of fused-ring (bicyclic) bond motifs is 9. The summed E-state index contributed by atoms with van der Waals surface area (Å²) in [6.45, 7) is 0. The molecule has 0 unspecified atom stereocenters. The molecule has 0 N–H and O–H groups in total. The van der Waals surface area contributed by atoms with Crippen LogP contribution in [0.25, 0.3) is 116 Å². The van der Waals surface area contributed by atoms with Crippen molar-refractivity contribution in [3.05, 3.63) is 225 Å². The summed E-state index contributed by atoms with van der Waals surface area (Å²) in [5.41, 5.74) is 16.8. The van der Waals surface area contributed by atoms with E-state index >= 15 is 0 Å². The van der Waals surface area contributed by atoms with Gasteiger partial charge in [-0.25, -0.2) is 4.98 Å². The molecule has 0 fully saturated rings. The van der Waals surface area contributed by atoms with Crippen LogP contribution < -0.4 is 0 Å². The van der Waals surface area contributed by atoms with Gasteiger partial charge in [-0.1, -0.05) is 176 Å². The minimum absolute atomic E-state index is 0.862. The minimum atomic E-state index is 0.862. The maximum absolute atomic E-state index is 5.25. The quantitative estimate of drug-likeness (QED) is 0.158. The number of aromatic nitrogens is 3. The largest absolute Gasteiger partial charge is 0.309 e. The first kappa shape index (κ1) is 34.9. The van der Waals surface area contributed by atoms with Crippen molar-refractivity contribution in [2.75, 3.05) is 0 Å². The van der Waals surface area contributed by atoms with E-state index in [2.05, 4.69) is 223 Å². The number of rotatable bonds is 6. The van der Waals surface area contributed by atoms with E-state index in [0.29, 0.717) is 0 Å². The molecule has 0 spiro atoms. The van der Waals surface area contributed by atoms with Gasteiger partial charge in [0.25, 0.3) is 0 Å². The van der Waals surface area contributed by atoms with Gasteiger partial charge >= 0.3 is 0 Å². The van der Waals surface area contributed by atoms with Gasteiger partial charge in [0.2, 0.25) is 0 Å². The van der Waals surface area contributed by atoms with Crippen LogP contribution in [0.3, 0.4) is 0 Å². The molecule has 0 bridgehead atoms. The molecule has 2 aromatic heterocycles.